The summed E-state index contributed by atoms with van der Waals surface area (Å²) in [6, 6.07) is -0.222. The van der Waals surface area contributed by atoms with Crippen LogP contribution in [0.1, 0.15) is 39.5 Å². The maximum Gasteiger partial charge on any atom is 0.319 e. The topological polar surface area (TPSA) is 79.2 Å². The van der Waals surface area contributed by atoms with Crippen LogP contribution < -0.4 is 10.6 Å². The molecule has 0 aliphatic rings. The summed E-state index contributed by atoms with van der Waals surface area (Å²) >= 11 is 0. The van der Waals surface area contributed by atoms with Crippen LogP contribution in [0.5, 0.6) is 0 Å². The Morgan fingerprint density at radius 1 is 1.40 bits per heavy atom. The minimum absolute atomic E-state index is 0.164. The van der Waals surface area contributed by atoms with Crippen LogP contribution in [0.3, 0.4) is 0 Å². The number of aryl methyl sites for hydroxylation is 1. The van der Waals surface area contributed by atoms with E-state index in [2.05, 4.69) is 29.6 Å². The Kier molecular flexibility index (Phi) is 7.72. The van der Waals surface area contributed by atoms with Gasteiger partial charge in [-0.3, -0.25) is 4.68 Å². The van der Waals surface area contributed by atoms with E-state index in [1.807, 2.05) is 6.20 Å². The Balaban J connectivity index is 2.34. The lowest BCUT2D eigenvalue weighted by Gasteiger charge is -2.15. The summed E-state index contributed by atoms with van der Waals surface area (Å²) in [5.74, 6) is 0.332. The first kappa shape index (κ1) is 16.5. The first-order chi connectivity index (χ1) is 9.69. The van der Waals surface area contributed by atoms with Crippen molar-refractivity contribution in [2.24, 2.45) is 5.92 Å². The molecule has 0 spiro atoms. The highest BCUT2D eigenvalue weighted by Crippen LogP contribution is 2.10. The molecule has 20 heavy (non-hydrogen) atoms. The van der Waals surface area contributed by atoms with Gasteiger partial charge in [-0.05, 0) is 25.2 Å². The van der Waals surface area contributed by atoms with Gasteiger partial charge in [0.1, 0.15) is 0 Å². The number of nitrogens with zero attached hydrogens (tertiary/aromatic N) is 2. The smallest absolute Gasteiger partial charge is 0.319 e. The van der Waals surface area contributed by atoms with Crippen LogP contribution in [0.25, 0.3) is 0 Å². The molecule has 0 aromatic carbocycles. The predicted octanol–water partition coefficient (Wildman–Crippen LogP) is 2.21. The van der Waals surface area contributed by atoms with Gasteiger partial charge in [0, 0.05) is 25.9 Å². The van der Waals surface area contributed by atoms with E-state index in [1.54, 1.807) is 10.9 Å². The van der Waals surface area contributed by atoms with Gasteiger partial charge in [-0.2, -0.15) is 5.10 Å². The van der Waals surface area contributed by atoms with Gasteiger partial charge < -0.3 is 15.7 Å². The fourth-order valence-electron chi connectivity index (χ4n) is 2.13. The number of carbonyl (C=O) groups excluding carboxylic acids is 1. The molecule has 1 aromatic rings. The Morgan fingerprint density at radius 2 is 2.20 bits per heavy atom. The number of aliphatic hydroxyl groups excluding tert-OH is 1. The van der Waals surface area contributed by atoms with Gasteiger partial charge in [-0.25, -0.2) is 4.79 Å². The minimum atomic E-state index is -0.222. The number of aliphatic hydroxyl groups is 1. The monoisotopic (exact) mass is 282 g/mol. The number of nitrogens with one attached hydrogen (secondary N) is 2. The van der Waals surface area contributed by atoms with Crippen molar-refractivity contribution in [1.82, 2.24) is 15.1 Å². The maximum absolute atomic E-state index is 11.8. The molecule has 114 valence electrons. The molecule has 6 nitrogen and oxygen atoms in total. The van der Waals surface area contributed by atoms with Crippen LogP contribution in [0.2, 0.25) is 0 Å². The quantitative estimate of drug-likeness (QED) is 0.649. The molecule has 0 saturated heterocycles. The zero-order chi connectivity index (χ0) is 14.8. The van der Waals surface area contributed by atoms with Crippen molar-refractivity contribution in [1.29, 1.82) is 0 Å². The highest BCUT2D eigenvalue weighted by atomic mass is 16.3. The number of hydrogen-bond acceptors (Lipinski definition) is 3. The second-order valence-corrected chi connectivity index (χ2v) is 4.99. The Morgan fingerprint density at radius 3 is 2.85 bits per heavy atom. The highest BCUT2D eigenvalue weighted by molar-refractivity contribution is 5.88. The zero-order valence-corrected chi connectivity index (χ0v) is 12.4. The number of anilines is 1. The first-order valence-corrected chi connectivity index (χ1v) is 7.37. The van der Waals surface area contributed by atoms with Crippen molar-refractivity contribution in [2.75, 3.05) is 18.5 Å². The Bertz CT molecular complexity index is 386. The molecular formula is C14H26N4O2. The molecule has 0 fully saturated rings. The van der Waals surface area contributed by atoms with Crippen LogP contribution >= 0.6 is 0 Å². The van der Waals surface area contributed by atoms with Gasteiger partial charge >= 0.3 is 6.03 Å². The molecule has 0 aliphatic heterocycles. The van der Waals surface area contributed by atoms with E-state index in [-0.39, 0.29) is 12.6 Å². The summed E-state index contributed by atoms with van der Waals surface area (Å²) in [7, 11) is 0. The molecule has 2 amide bonds. The van der Waals surface area contributed by atoms with Gasteiger partial charge in [0.15, 0.2) is 0 Å². The third-order valence-electron chi connectivity index (χ3n) is 3.13. The molecule has 3 N–H and O–H groups in total. The summed E-state index contributed by atoms with van der Waals surface area (Å²) in [5, 5.41) is 18.7. The summed E-state index contributed by atoms with van der Waals surface area (Å²) in [4.78, 5) is 11.8. The third-order valence-corrected chi connectivity index (χ3v) is 3.13. The largest absolute Gasteiger partial charge is 0.396 e. The number of hydrogen-bond donors (Lipinski definition) is 3. The fraction of sp³-hybridized carbons (Fsp3) is 0.714. The summed E-state index contributed by atoms with van der Waals surface area (Å²) < 4.78 is 1.81. The van der Waals surface area contributed by atoms with Crippen molar-refractivity contribution < 1.29 is 9.90 Å². The van der Waals surface area contributed by atoms with E-state index in [0.29, 0.717) is 18.2 Å². The number of rotatable bonds is 9. The van der Waals surface area contributed by atoms with Crippen LogP contribution in [-0.2, 0) is 6.54 Å². The van der Waals surface area contributed by atoms with Crippen LogP contribution in [0, 0.1) is 5.92 Å². The van der Waals surface area contributed by atoms with Crippen molar-refractivity contribution in [2.45, 2.75) is 46.1 Å². The molecule has 0 aliphatic carbocycles. The highest BCUT2D eigenvalue weighted by Gasteiger charge is 2.10. The van der Waals surface area contributed by atoms with Crippen LogP contribution in [-0.4, -0.2) is 34.1 Å². The number of aromatic nitrogens is 2. The molecule has 0 radical (unpaired) electrons. The average Bonchev–Trinajstić information content (AvgIpc) is 2.84. The Labute approximate surface area is 120 Å². The van der Waals surface area contributed by atoms with E-state index < -0.39 is 0 Å². The first-order valence-electron chi connectivity index (χ1n) is 7.37. The average molecular weight is 282 g/mol. The molecular weight excluding hydrogens is 256 g/mol. The standard InChI is InChI=1S/C14H26N4O2/c1-3-5-12(6-8-19)9-15-14(20)17-13-10-16-18(11-13)7-4-2/h10-12,19H,3-9H2,1-2H3,(H2,15,17,20). The summed E-state index contributed by atoms with van der Waals surface area (Å²) in [5.41, 5.74) is 0.699. The lowest BCUT2D eigenvalue weighted by molar-refractivity contribution is 0.237. The maximum atomic E-state index is 11.8. The van der Waals surface area contributed by atoms with Crippen molar-refractivity contribution in [3.63, 3.8) is 0 Å². The van der Waals surface area contributed by atoms with Gasteiger partial charge in [-0.15, -0.1) is 0 Å². The number of carbonyl (C=O) groups is 1. The Hall–Kier alpha value is -1.56. The molecule has 1 unspecified atom stereocenters. The van der Waals surface area contributed by atoms with Gasteiger partial charge in [-0.1, -0.05) is 20.3 Å². The lowest BCUT2D eigenvalue weighted by Crippen LogP contribution is -2.33. The normalized spacial score (nSPS) is 12.2. The van der Waals surface area contributed by atoms with Crippen LogP contribution in [0.4, 0.5) is 10.5 Å². The number of amides is 2. The lowest BCUT2D eigenvalue weighted by atomic mass is 10.0. The summed E-state index contributed by atoms with van der Waals surface area (Å²) in [6.07, 6.45) is 7.26. The van der Waals surface area contributed by atoms with Gasteiger partial charge in [0.2, 0.25) is 0 Å². The predicted molar refractivity (Wildman–Crippen MR) is 79.6 cm³/mol. The molecule has 1 atom stereocenters. The fourth-order valence-corrected chi connectivity index (χ4v) is 2.13. The molecule has 0 bridgehead atoms. The minimum Gasteiger partial charge on any atom is -0.396 e. The SMILES string of the molecule is CCCC(CCO)CNC(=O)Nc1cnn(CCC)c1. The second-order valence-electron chi connectivity index (χ2n) is 4.99. The summed E-state index contributed by atoms with van der Waals surface area (Å²) in [6.45, 7) is 5.78. The van der Waals surface area contributed by atoms with Crippen molar-refractivity contribution >= 4 is 11.7 Å². The zero-order valence-electron chi connectivity index (χ0n) is 12.4. The van der Waals surface area contributed by atoms with Crippen molar-refractivity contribution in [3.8, 4) is 0 Å². The second kappa shape index (κ2) is 9.36. The van der Waals surface area contributed by atoms with Gasteiger partial charge in [0.25, 0.3) is 0 Å². The number of urea groups is 1. The van der Waals surface area contributed by atoms with E-state index in [0.717, 1.165) is 32.2 Å². The molecule has 1 rings (SSSR count). The van der Waals surface area contributed by atoms with E-state index >= 15 is 0 Å². The van der Waals surface area contributed by atoms with Gasteiger partial charge in [0.05, 0.1) is 11.9 Å². The molecule has 1 aromatic heterocycles. The van der Waals surface area contributed by atoms with E-state index in [4.69, 9.17) is 5.11 Å². The molecule has 1 heterocycles. The third kappa shape index (κ3) is 6.06. The van der Waals surface area contributed by atoms with E-state index in [1.165, 1.54) is 0 Å². The van der Waals surface area contributed by atoms with Crippen LogP contribution in [0.15, 0.2) is 12.4 Å². The van der Waals surface area contributed by atoms with E-state index in [9.17, 15) is 4.79 Å². The van der Waals surface area contributed by atoms with Crippen molar-refractivity contribution in [3.05, 3.63) is 12.4 Å². The molecule has 0 saturated carbocycles. The molecule has 6 heteroatoms.